The van der Waals surface area contributed by atoms with E-state index in [-0.39, 0.29) is 0 Å². The summed E-state index contributed by atoms with van der Waals surface area (Å²) in [5.74, 6) is 0. The molecular formula is C14H20N2S. The van der Waals surface area contributed by atoms with E-state index in [4.69, 9.17) is 12.2 Å². The molecule has 0 atom stereocenters. The highest BCUT2D eigenvalue weighted by atomic mass is 32.1. The van der Waals surface area contributed by atoms with Gasteiger partial charge in [-0.25, -0.2) is 0 Å². The second-order valence-corrected chi connectivity index (χ2v) is 5.04. The molecular weight excluding hydrogens is 228 g/mol. The van der Waals surface area contributed by atoms with Gasteiger partial charge in [-0.15, -0.1) is 0 Å². The van der Waals surface area contributed by atoms with Gasteiger partial charge in [0.15, 0.2) is 5.11 Å². The maximum absolute atomic E-state index is 5.29. The maximum Gasteiger partial charge on any atom is 0.166 e. The highest BCUT2D eigenvalue weighted by Gasteiger charge is 2.20. The van der Waals surface area contributed by atoms with Gasteiger partial charge >= 0.3 is 0 Å². The van der Waals surface area contributed by atoms with Gasteiger partial charge in [0.05, 0.1) is 0 Å². The zero-order valence-electron chi connectivity index (χ0n) is 10.3. The van der Waals surface area contributed by atoms with Crippen LogP contribution < -0.4 is 10.6 Å². The van der Waals surface area contributed by atoms with Crippen molar-refractivity contribution in [1.29, 1.82) is 0 Å². The van der Waals surface area contributed by atoms with Gasteiger partial charge in [0.2, 0.25) is 0 Å². The second-order valence-electron chi connectivity index (χ2n) is 4.63. The summed E-state index contributed by atoms with van der Waals surface area (Å²) in [5.41, 5.74) is 2.92. The maximum atomic E-state index is 5.29. The van der Waals surface area contributed by atoms with E-state index in [0.717, 1.165) is 24.5 Å². The molecule has 0 saturated heterocycles. The van der Waals surface area contributed by atoms with Crippen molar-refractivity contribution < 1.29 is 0 Å². The van der Waals surface area contributed by atoms with E-state index in [1.54, 1.807) is 0 Å². The lowest BCUT2D eigenvalue weighted by atomic mass is 10.1. The Morgan fingerprint density at radius 1 is 1.29 bits per heavy atom. The summed E-state index contributed by atoms with van der Waals surface area (Å²) in [6, 6.07) is 9.11. The van der Waals surface area contributed by atoms with E-state index in [1.807, 2.05) is 0 Å². The van der Waals surface area contributed by atoms with Crippen molar-refractivity contribution in [2.24, 2.45) is 0 Å². The summed E-state index contributed by atoms with van der Waals surface area (Å²) >= 11 is 5.29. The number of hydrogen-bond acceptors (Lipinski definition) is 1. The molecule has 0 amide bonds. The number of fused-ring (bicyclic) bond motifs is 1. The minimum atomic E-state index is 0.467. The Kier molecular flexibility index (Phi) is 4.37. The van der Waals surface area contributed by atoms with Gasteiger partial charge in [-0.05, 0) is 42.6 Å². The molecule has 0 bridgehead atoms. The molecule has 0 aromatic heterocycles. The van der Waals surface area contributed by atoms with Crippen LogP contribution in [0, 0.1) is 0 Å². The molecule has 0 spiro atoms. The summed E-state index contributed by atoms with van der Waals surface area (Å²) in [6.07, 6.45) is 4.55. The zero-order valence-corrected chi connectivity index (χ0v) is 11.1. The predicted molar refractivity (Wildman–Crippen MR) is 76.3 cm³/mol. The average molecular weight is 248 g/mol. The largest absolute Gasteiger partial charge is 0.363 e. The Morgan fingerprint density at radius 3 is 2.53 bits per heavy atom. The lowest BCUT2D eigenvalue weighted by Gasteiger charge is -2.15. The molecule has 2 nitrogen and oxygen atoms in total. The van der Waals surface area contributed by atoms with Crippen LogP contribution in [0.5, 0.6) is 0 Å². The molecule has 1 aromatic rings. The normalized spacial score (nSPS) is 14.4. The fourth-order valence-electron chi connectivity index (χ4n) is 2.28. The first-order valence-electron chi connectivity index (χ1n) is 6.40. The first-order valence-corrected chi connectivity index (χ1v) is 6.81. The lowest BCUT2D eigenvalue weighted by molar-refractivity contribution is 0.629. The van der Waals surface area contributed by atoms with Crippen LogP contribution in [0.2, 0.25) is 0 Å². The summed E-state index contributed by atoms with van der Waals surface area (Å²) in [5, 5.41) is 7.46. The topological polar surface area (TPSA) is 24.1 Å². The van der Waals surface area contributed by atoms with E-state index in [2.05, 4.69) is 41.8 Å². The summed E-state index contributed by atoms with van der Waals surface area (Å²) in [6.45, 7) is 3.16. The average Bonchev–Trinajstić information content (AvgIpc) is 2.71. The van der Waals surface area contributed by atoms with Crippen molar-refractivity contribution in [2.45, 2.75) is 38.6 Å². The van der Waals surface area contributed by atoms with Crippen molar-refractivity contribution in [2.75, 3.05) is 6.54 Å². The molecule has 3 heteroatoms. The van der Waals surface area contributed by atoms with Crippen LogP contribution in [-0.4, -0.2) is 17.7 Å². The second kappa shape index (κ2) is 6.01. The molecule has 0 unspecified atom stereocenters. The van der Waals surface area contributed by atoms with E-state index < -0.39 is 0 Å². The number of hydrogen-bond donors (Lipinski definition) is 2. The van der Waals surface area contributed by atoms with Crippen molar-refractivity contribution >= 4 is 17.3 Å². The monoisotopic (exact) mass is 248 g/mol. The van der Waals surface area contributed by atoms with Gasteiger partial charge in [0, 0.05) is 12.6 Å². The SMILES string of the molecule is CCCCNC(=S)NC1Cc2ccccc2C1. The first-order chi connectivity index (χ1) is 8.29. The van der Waals surface area contributed by atoms with Gasteiger partial charge in [-0.2, -0.15) is 0 Å². The molecule has 1 aliphatic carbocycles. The van der Waals surface area contributed by atoms with Crippen LogP contribution in [0.1, 0.15) is 30.9 Å². The van der Waals surface area contributed by atoms with Gasteiger partial charge in [0.1, 0.15) is 0 Å². The van der Waals surface area contributed by atoms with Crippen LogP contribution in [0.15, 0.2) is 24.3 Å². The Hall–Kier alpha value is -1.09. The molecule has 0 saturated carbocycles. The molecule has 2 N–H and O–H groups in total. The summed E-state index contributed by atoms with van der Waals surface area (Å²) < 4.78 is 0. The van der Waals surface area contributed by atoms with Crippen molar-refractivity contribution in [3.8, 4) is 0 Å². The molecule has 1 aliphatic rings. The fourth-order valence-corrected chi connectivity index (χ4v) is 2.54. The standard InChI is InChI=1S/C14H20N2S/c1-2-3-8-15-14(17)16-13-9-11-6-4-5-7-12(11)10-13/h4-7,13H,2-3,8-10H2,1H3,(H2,15,16,17). The van der Waals surface area contributed by atoms with Crippen molar-refractivity contribution in [1.82, 2.24) is 10.6 Å². The quantitative estimate of drug-likeness (QED) is 0.632. The Morgan fingerprint density at radius 2 is 1.94 bits per heavy atom. The first kappa shape index (κ1) is 12.4. The Labute approximate surface area is 109 Å². The molecule has 0 fully saturated rings. The van der Waals surface area contributed by atoms with Crippen LogP contribution in [0.4, 0.5) is 0 Å². The van der Waals surface area contributed by atoms with Gasteiger partial charge < -0.3 is 10.6 Å². The minimum absolute atomic E-state index is 0.467. The number of thiocarbonyl (C=S) groups is 1. The molecule has 0 heterocycles. The van der Waals surface area contributed by atoms with E-state index in [1.165, 1.54) is 24.0 Å². The number of benzene rings is 1. The number of rotatable bonds is 4. The zero-order chi connectivity index (χ0) is 12.1. The number of nitrogens with one attached hydrogen (secondary N) is 2. The predicted octanol–water partition coefficient (Wildman–Crippen LogP) is 2.42. The highest BCUT2D eigenvalue weighted by Crippen LogP contribution is 2.21. The van der Waals surface area contributed by atoms with E-state index in [9.17, 15) is 0 Å². The van der Waals surface area contributed by atoms with E-state index in [0.29, 0.717) is 6.04 Å². The summed E-state index contributed by atoms with van der Waals surface area (Å²) in [4.78, 5) is 0. The van der Waals surface area contributed by atoms with Crippen LogP contribution in [0.3, 0.4) is 0 Å². The van der Waals surface area contributed by atoms with E-state index >= 15 is 0 Å². The molecule has 2 rings (SSSR count). The smallest absolute Gasteiger partial charge is 0.166 e. The summed E-state index contributed by atoms with van der Waals surface area (Å²) in [7, 11) is 0. The van der Waals surface area contributed by atoms with Crippen LogP contribution in [0.25, 0.3) is 0 Å². The molecule has 0 aliphatic heterocycles. The van der Waals surface area contributed by atoms with Crippen LogP contribution in [-0.2, 0) is 12.8 Å². The number of unbranched alkanes of at least 4 members (excludes halogenated alkanes) is 1. The third kappa shape index (κ3) is 3.43. The minimum Gasteiger partial charge on any atom is -0.363 e. The molecule has 17 heavy (non-hydrogen) atoms. The highest BCUT2D eigenvalue weighted by molar-refractivity contribution is 7.80. The van der Waals surface area contributed by atoms with Crippen molar-refractivity contribution in [3.63, 3.8) is 0 Å². The lowest BCUT2D eigenvalue weighted by Crippen LogP contribution is -2.42. The van der Waals surface area contributed by atoms with Gasteiger partial charge in [-0.1, -0.05) is 37.6 Å². The third-order valence-corrected chi connectivity index (χ3v) is 3.46. The Bertz CT molecular complexity index is 365. The molecule has 0 radical (unpaired) electrons. The van der Waals surface area contributed by atoms with Crippen LogP contribution >= 0.6 is 12.2 Å². The fraction of sp³-hybridized carbons (Fsp3) is 0.500. The van der Waals surface area contributed by atoms with Gasteiger partial charge in [0.25, 0.3) is 0 Å². The molecule has 92 valence electrons. The third-order valence-electron chi connectivity index (χ3n) is 3.20. The van der Waals surface area contributed by atoms with Gasteiger partial charge in [-0.3, -0.25) is 0 Å². The molecule has 1 aromatic carbocycles. The van der Waals surface area contributed by atoms with Crippen molar-refractivity contribution in [3.05, 3.63) is 35.4 Å². The Balaban J connectivity index is 1.77.